The van der Waals surface area contributed by atoms with Gasteiger partial charge in [-0.2, -0.15) is 0 Å². The van der Waals surface area contributed by atoms with E-state index in [4.69, 9.17) is 9.72 Å². The van der Waals surface area contributed by atoms with E-state index >= 15 is 0 Å². The third kappa shape index (κ3) is 5.11. The van der Waals surface area contributed by atoms with Crippen molar-refractivity contribution in [1.29, 1.82) is 0 Å². The van der Waals surface area contributed by atoms with Crippen LogP contribution in [0.3, 0.4) is 0 Å². The average Bonchev–Trinajstić information content (AvgIpc) is 2.75. The van der Waals surface area contributed by atoms with E-state index in [1.54, 1.807) is 6.20 Å². The minimum atomic E-state index is -0.0381. The largest absolute Gasteiger partial charge is 0.378 e. The van der Waals surface area contributed by atoms with Gasteiger partial charge in [-0.3, -0.25) is 14.5 Å². The number of aryl methyl sites for hydroxylation is 1. The molecule has 0 radical (unpaired) electrons. The summed E-state index contributed by atoms with van der Waals surface area (Å²) in [6.45, 7) is 10.8. The van der Waals surface area contributed by atoms with E-state index in [1.165, 1.54) is 0 Å². The van der Waals surface area contributed by atoms with Crippen LogP contribution in [-0.2, 0) is 9.53 Å². The molecule has 1 aromatic rings. The highest BCUT2D eigenvalue weighted by atomic mass is 16.5. The summed E-state index contributed by atoms with van der Waals surface area (Å²) in [6, 6.07) is -0.0371. The van der Waals surface area contributed by atoms with Gasteiger partial charge in [-0.1, -0.05) is 6.42 Å². The average molecular weight is 404 g/mol. The van der Waals surface area contributed by atoms with Crippen molar-refractivity contribution < 1.29 is 14.3 Å². The van der Waals surface area contributed by atoms with Gasteiger partial charge < -0.3 is 14.5 Å². The Balaban J connectivity index is 1.87. The molecule has 8 heteroatoms. The summed E-state index contributed by atoms with van der Waals surface area (Å²) in [5.74, 6) is 0.747. The normalized spacial score (nSPS) is 20.5. The lowest BCUT2D eigenvalue weighted by molar-refractivity contribution is -0.133. The number of ether oxygens (including phenoxy) is 1. The molecule has 3 heterocycles. The van der Waals surface area contributed by atoms with E-state index in [2.05, 4.69) is 9.88 Å². The number of rotatable bonds is 6. The van der Waals surface area contributed by atoms with Gasteiger partial charge in [-0.05, 0) is 40.2 Å². The van der Waals surface area contributed by atoms with Crippen molar-refractivity contribution >= 4 is 11.8 Å². The zero-order valence-electron chi connectivity index (χ0n) is 17.9. The van der Waals surface area contributed by atoms with Crippen molar-refractivity contribution in [3.05, 3.63) is 23.3 Å². The number of amides is 2. The molecular weight excluding hydrogens is 370 g/mol. The van der Waals surface area contributed by atoms with Gasteiger partial charge in [0.2, 0.25) is 5.91 Å². The second-order valence-corrected chi connectivity index (χ2v) is 7.67. The fourth-order valence-electron chi connectivity index (χ4n) is 4.18. The van der Waals surface area contributed by atoms with E-state index in [9.17, 15) is 9.59 Å². The number of hydrogen-bond donors (Lipinski definition) is 0. The van der Waals surface area contributed by atoms with Crippen LogP contribution in [0, 0.1) is 6.92 Å². The van der Waals surface area contributed by atoms with E-state index in [1.807, 2.05) is 30.6 Å². The number of aromatic nitrogens is 2. The Bertz CT molecular complexity index is 716. The molecule has 2 fully saturated rings. The predicted octanol–water partition coefficient (Wildman–Crippen LogP) is 1.65. The Kier molecular flexibility index (Phi) is 7.55. The molecule has 160 valence electrons. The maximum Gasteiger partial charge on any atom is 0.257 e. The molecule has 3 rings (SSSR count). The van der Waals surface area contributed by atoms with Crippen LogP contribution in [-0.4, -0.2) is 89.0 Å². The summed E-state index contributed by atoms with van der Waals surface area (Å²) < 4.78 is 5.38. The molecule has 1 atom stereocenters. The fraction of sp³-hybridized carbons (Fsp3) is 0.714. The van der Waals surface area contributed by atoms with Crippen LogP contribution in [0.5, 0.6) is 0 Å². The standard InChI is InChI=1S/C21H33N5O3/c1-4-24(5-2)19(27)15-26-9-7-6-8-18(26)20-17(14-22-16(3)23-20)21(28)25-10-12-29-13-11-25/h14,18H,4-13,15H2,1-3H3/t18-/m1/s1. The maximum atomic E-state index is 13.2. The number of carbonyl (C=O) groups excluding carboxylic acids is 2. The van der Waals surface area contributed by atoms with Gasteiger partial charge in [0.15, 0.2) is 0 Å². The van der Waals surface area contributed by atoms with Crippen molar-refractivity contribution in [3.63, 3.8) is 0 Å². The second kappa shape index (κ2) is 10.1. The number of carbonyl (C=O) groups is 2. The SMILES string of the molecule is CCN(CC)C(=O)CN1CCCC[C@@H]1c1nc(C)ncc1C(=O)N1CCOCC1. The number of hydrogen-bond acceptors (Lipinski definition) is 6. The molecule has 2 aliphatic rings. The van der Waals surface area contributed by atoms with Gasteiger partial charge in [0.1, 0.15) is 5.82 Å². The lowest BCUT2D eigenvalue weighted by Crippen LogP contribution is -2.45. The highest BCUT2D eigenvalue weighted by Gasteiger charge is 2.32. The highest BCUT2D eigenvalue weighted by Crippen LogP contribution is 2.32. The van der Waals surface area contributed by atoms with E-state index in [0.717, 1.165) is 31.5 Å². The van der Waals surface area contributed by atoms with Crippen LogP contribution in [0.1, 0.15) is 61.0 Å². The molecule has 2 aliphatic heterocycles. The highest BCUT2D eigenvalue weighted by molar-refractivity contribution is 5.95. The molecule has 2 saturated heterocycles. The Morgan fingerprint density at radius 2 is 1.90 bits per heavy atom. The number of nitrogens with zero attached hydrogens (tertiary/aromatic N) is 5. The first kappa shape index (κ1) is 21.6. The van der Waals surface area contributed by atoms with Crippen molar-refractivity contribution in [2.75, 3.05) is 52.5 Å². The molecule has 1 aromatic heterocycles. The monoisotopic (exact) mass is 403 g/mol. The predicted molar refractivity (Wildman–Crippen MR) is 110 cm³/mol. The molecule has 8 nitrogen and oxygen atoms in total. The molecule has 0 N–H and O–H groups in total. The lowest BCUT2D eigenvalue weighted by atomic mass is 9.95. The third-order valence-electron chi connectivity index (χ3n) is 5.85. The van der Waals surface area contributed by atoms with Crippen LogP contribution in [0.15, 0.2) is 6.20 Å². The second-order valence-electron chi connectivity index (χ2n) is 7.67. The van der Waals surface area contributed by atoms with E-state index in [-0.39, 0.29) is 17.9 Å². The van der Waals surface area contributed by atoms with Crippen molar-refractivity contribution in [3.8, 4) is 0 Å². The van der Waals surface area contributed by atoms with Crippen LogP contribution >= 0.6 is 0 Å². The van der Waals surface area contributed by atoms with Gasteiger partial charge in [0.05, 0.1) is 37.1 Å². The van der Waals surface area contributed by atoms with Crippen LogP contribution in [0.25, 0.3) is 0 Å². The molecule has 0 unspecified atom stereocenters. The van der Waals surface area contributed by atoms with Crippen LogP contribution < -0.4 is 0 Å². The summed E-state index contributed by atoms with van der Waals surface area (Å²) in [7, 11) is 0. The number of morpholine rings is 1. The Morgan fingerprint density at radius 3 is 2.59 bits per heavy atom. The van der Waals surface area contributed by atoms with Crippen molar-refractivity contribution in [2.45, 2.75) is 46.1 Å². The zero-order chi connectivity index (χ0) is 20.8. The molecular formula is C21H33N5O3. The molecule has 0 spiro atoms. The molecule has 0 saturated carbocycles. The van der Waals surface area contributed by atoms with E-state index in [0.29, 0.717) is 57.3 Å². The van der Waals surface area contributed by atoms with Crippen molar-refractivity contribution in [2.24, 2.45) is 0 Å². The topological polar surface area (TPSA) is 78.9 Å². The van der Waals surface area contributed by atoms with Gasteiger partial charge in [0.25, 0.3) is 5.91 Å². The minimum Gasteiger partial charge on any atom is -0.378 e. The summed E-state index contributed by atoms with van der Waals surface area (Å²) in [5.41, 5.74) is 1.32. The Labute approximate surface area is 173 Å². The van der Waals surface area contributed by atoms with Gasteiger partial charge in [-0.25, -0.2) is 9.97 Å². The van der Waals surface area contributed by atoms with Gasteiger partial charge in [0, 0.05) is 32.4 Å². The maximum absolute atomic E-state index is 13.2. The van der Waals surface area contributed by atoms with Crippen LogP contribution in [0.4, 0.5) is 0 Å². The molecule has 0 bridgehead atoms. The summed E-state index contributed by atoms with van der Waals surface area (Å²) in [6.07, 6.45) is 4.67. The van der Waals surface area contributed by atoms with Crippen LogP contribution in [0.2, 0.25) is 0 Å². The van der Waals surface area contributed by atoms with Gasteiger partial charge in [-0.15, -0.1) is 0 Å². The molecule has 2 amide bonds. The van der Waals surface area contributed by atoms with Gasteiger partial charge >= 0.3 is 0 Å². The van der Waals surface area contributed by atoms with Crippen molar-refractivity contribution in [1.82, 2.24) is 24.7 Å². The first-order chi connectivity index (χ1) is 14.0. The Morgan fingerprint density at radius 1 is 1.17 bits per heavy atom. The summed E-state index contributed by atoms with van der Waals surface area (Å²) in [5, 5.41) is 0. The third-order valence-corrected chi connectivity index (χ3v) is 5.85. The molecule has 29 heavy (non-hydrogen) atoms. The van der Waals surface area contributed by atoms with E-state index < -0.39 is 0 Å². The first-order valence-corrected chi connectivity index (χ1v) is 10.8. The number of likely N-dealkylation sites (N-methyl/N-ethyl adjacent to an activating group) is 1. The molecule has 0 aliphatic carbocycles. The summed E-state index contributed by atoms with van der Waals surface area (Å²) >= 11 is 0. The smallest absolute Gasteiger partial charge is 0.257 e. The Hall–Kier alpha value is -2.06. The fourth-order valence-corrected chi connectivity index (χ4v) is 4.18. The quantitative estimate of drug-likeness (QED) is 0.719. The lowest BCUT2D eigenvalue weighted by Gasteiger charge is -2.37. The molecule has 0 aromatic carbocycles. The number of piperidine rings is 1. The first-order valence-electron chi connectivity index (χ1n) is 10.8. The minimum absolute atomic E-state index is 0.0371. The summed E-state index contributed by atoms with van der Waals surface area (Å²) in [4.78, 5) is 40.8. The number of likely N-dealkylation sites (tertiary alicyclic amines) is 1. The zero-order valence-corrected chi connectivity index (χ0v) is 17.9.